The smallest absolute Gasteiger partial charge is 0.122 e. The van der Waals surface area contributed by atoms with Gasteiger partial charge in [-0.15, -0.1) is 0 Å². The number of hydrogen-bond acceptors (Lipinski definition) is 2. The maximum atomic E-state index is 8.38. The van der Waals surface area contributed by atoms with Gasteiger partial charge in [0.15, 0.2) is 0 Å². The SMILES string of the molecule is COc1cccc2c1CCC[C@H]2CN=[N+]=[N-]. The Balaban J connectivity index is 2.34. The predicted molar refractivity (Wildman–Crippen MR) is 62.7 cm³/mol. The summed E-state index contributed by atoms with van der Waals surface area (Å²) in [5, 5.41) is 3.69. The highest BCUT2D eigenvalue weighted by Gasteiger charge is 2.21. The molecule has 0 saturated heterocycles. The monoisotopic (exact) mass is 217 g/mol. The summed E-state index contributed by atoms with van der Waals surface area (Å²) in [7, 11) is 1.70. The third kappa shape index (κ3) is 1.97. The van der Waals surface area contributed by atoms with Gasteiger partial charge in [0.05, 0.1) is 7.11 Å². The van der Waals surface area contributed by atoms with E-state index in [-0.39, 0.29) is 0 Å². The fraction of sp³-hybridized carbons (Fsp3) is 0.500. The Morgan fingerprint density at radius 1 is 1.56 bits per heavy atom. The van der Waals surface area contributed by atoms with Crippen LogP contribution >= 0.6 is 0 Å². The molecule has 1 atom stereocenters. The first-order chi connectivity index (χ1) is 7.86. The number of hydrogen-bond donors (Lipinski definition) is 0. The Labute approximate surface area is 94.9 Å². The molecule has 84 valence electrons. The third-order valence-corrected chi connectivity index (χ3v) is 3.17. The van der Waals surface area contributed by atoms with Crippen LogP contribution in [0.25, 0.3) is 10.4 Å². The molecular formula is C12H15N3O. The minimum Gasteiger partial charge on any atom is -0.496 e. The zero-order chi connectivity index (χ0) is 11.4. The summed E-state index contributed by atoms with van der Waals surface area (Å²) in [6.07, 6.45) is 3.30. The van der Waals surface area contributed by atoms with Gasteiger partial charge in [0.2, 0.25) is 0 Å². The summed E-state index contributed by atoms with van der Waals surface area (Å²) in [5.41, 5.74) is 11.0. The molecule has 2 rings (SSSR count). The van der Waals surface area contributed by atoms with Gasteiger partial charge in [-0.1, -0.05) is 17.2 Å². The number of azide groups is 1. The van der Waals surface area contributed by atoms with Gasteiger partial charge in [-0.2, -0.15) is 0 Å². The molecule has 1 aliphatic carbocycles. The van der Waals surface area contributed by atoms with E-state index in [1.165, 1.54) is 11.1 Å². The molecule has 4 heteroatoms. The van der Waals surface area contributed by atoms with Gasteiger partial charge >= 0.3 is 0 Å². The first-order valence-corrected chi connectivity index (χ1v) is 5.53. The van der Waals surface area contributed by atoms with E-state index < -0.39 is 0 Å². The van der Waals surface area contributed by atoms with Crippen LogP contribution in [0.15, 0.2) is 23.3 Å². The van der Waals surface area contributed by atoms with Gasteiger partial charge in [0, 0.05) is 11.5 Å². The first kappa shape index (κ1) is 10.8. The van der Waals surface area contributed by atoms with Crippen LogP contribution in [-0.2, 0) is 6.42 Å². The minimum atomic E-state index is 0.356. The van der Waals surface area contributed by atoms with Crippen LogP contribution < -0.4 is 4.74 Å². The van der Waals surface area contributed by atoms with Crippen molar-refractivity contribution < 1.29 is 4.74 Å². The third-order valence-electron chi connectivity index (χ3n) is 3.17. The van der Waals surface area contributed by atoms with E-state index in [0.717, 1.165) is 25.0 Å². The Bertz CT molecular complexity index is 424. The van der Waals surface area contributed by atoms with E-state index in [4.69, 9.17) is 10.3 Å². The number of methoxy groups -OCH3 is 1. The van der Waals surface area contributed by atoms with Crippen molar-refractivity contribution in [2.45, 2.75) is 25.2 Å². The van der Waals surface area contributed by atoms with Crippen LogP contribution in [0.5, 0.6) is 5.75 Å². The number of ether oxygens (including phenoxy) is 1. The van der Waals surface area contributed by atoms with Crippen LogP contribution in [0.3, 0.4) is 0 Å². The van der Waals surface area contributed by atoms with Crippen LogP contribution in [0, 0.1) is 0 Å². The molecular weight excluding hydrogens is 202 g/mol. The Morgan fingerprint density at radius 3 is 3.19 bits per heavy atom. The number of fused-ring (bicyclic) bond motifs is 1. The van der Waals surface area contributed by atoms with Crippen LogP contribution in [0.4, 0.5) is 0 Å². The summed E-state index contributed by atoms with van der Waals surface area (Å²) in [5.74, 6) is 1.32. The topological polar surface area (TPSA) is 58.0 Å². The van der Waals surface area contributed by atoms with Crippen molar-refractivity contribution in [2.75, 3.05) is 13.7 Å². The van der Waals surface area contributed by atoms with Crippen molar-refractivity contribution in [1.29, 1.82) is 0 Å². The van der Waals surface area contributed by atoms with E-state index in [2.05, 4.69) is 16.1 Å². The van der Waals surface area contributed by atoms with E-state index >= 15 is 0 Å². The lowest BCUT2D eigenvalue weighted by atomic mass is 9.82. The van der Waals surface area contributed by atoms with E-state index in [1.54, 1.807) is 7.11 Å². The molecule has 0 spiro atoms. The minimum absolute atomic E-state index is 0.356. The second-order valence-corrected chi connectivity index (χ2v) is 4.03. The van der Waals surface area contributed by atoms with E-state index in [1.807, 2.05) is 12.1 Å². The molecule has 0 unspecified atom stereocenters. The maximum absolute atomic E-state index is 8.38. The molecule has 16 heavy (non-hydrogen) atoms. The van der Waals surface area contributed by atoms with Crippen LogP contribution in [0.1, 0.15) is 29.9 Å². The summed E-state index contributed by atoms with van der Waals surface area (Å²) >= 11 is 0. The predicted octanol–water partition coefficient (Wildman–Crippen LogP) is 3.43. The molecule has 0 radical (unpaired) electrons. The Kier molecular flexibility index (Phi) is 3.32. The Morgan fingerprint density at radius 2 is 2.44 bits per heavy atom. The molecule has 0 saturated carbocycles. The van der Waals surface area contributed by atoms with E-state index in [9.17, 15) is 0 Å². The van der Waals surface area contributed by atoms with Crippen molar-refractivity contribution in [2.24, 2.45) is 5.11 Å². The molecule has 0 aromatic heterocycles. The van der Waals surface area contributed by atoms with Gasteiger partial charge < -0.3 is 4.74 Å². The normalized spacial score (nSPS) is 18.4. The van der Waals surface area contributed by atoms with Crippen molar-refractivity contribution in [1.82, 2.24) is 0 Å². The number of benzene rings is 1. The van der Waals surface area contributed by atoms with Crippen molar-refractivity contribution in [3.8, 4) is 5.75 Å². The van der Waals surface area contributed by atoms with Gasteiger partial charge in [-0.3, -0.25) is 0 Å². The highest BCUT2D eigenvalue weighted by molar-refractivity contribution is 5.43. The second kappa shape index (κ2) is 4.90. The lowest BCUT2D eigenvalue weighted by Gasteiger charge is -2.25. The zero-order valence-electron chi connectivity index (χ0n) is 9.39. The average Bonchev–Trinajstić information content (AvgIpc) is 2.35. The van der Waals surface area contributed by atoms with Gasteiger partial charge in [-0.05, 0) is 47.9 Å². The molecule has 0 N–H and O–H groups in total. The van der Waals surface area contributed by atoms with Crippen molar-refractivity contribution in [3.63, 3.8) is 0 Å². The molecule has 1 aromatic carbocycles. The van der Waals surface area contributed by atoms with Gasteiger partial charge in [0.25, 0.3) is 0 Å². The summed E-state index contributed by atoms with van der Waals surface area (Å²) < 4.78 is 5.36. The molecule has 1 aromatic rings. The summed E-state index contributed by atoms with van der Waals surface area (Å²) in [4.78, 5) is 2.84. The zero-order valence-corrected chi connectivity index (χ0v) is 9.39. The van der Waals surface area contributed by atoms with Gasteiger partial charge in [0.1, 0.15) is 5.75 Å². The lowest BCUT2D eigenvalue weighted by molar-refractivity contribution is 0.403. The molecule has 0 aliphatic heterocycles. The quantitative estimate of drug-likeness (QED) is 0.434. The highest BCUT2D eigenvalue weighted by Crippen LogP contribution is 2.36. The molecule has 0 fully saturated rings. The molecule has 0 bridgehead atoms. The number of rotatable bonds is 3. The van der Waals surface area contributed by atoms with Crippen molar-refractivity contribution in [3.05, 3.63) is 39.8 Å². The first-order valence-electron chi connectivity index (χ1n) is 5.53. The molecule has 4 nitrogen and oxygen atoms in total. The average molecular weight is 217 g/mol. The molecule has 1 aliphatic rings. The standard InChI is InChI=1S/C12H15N3O/c1-16-12-7-3-5-10-9(8-14-15-13)4-2-6-11(10)12/h3,5,7,9H,2,4,6,8H2,1H3/t9-/m0/s1. The molecule has 0 heterocycles. The number of nitrogens with zero attached hydrogens (tertiary/aromatic N) is 3. The second-order valence-electron chi connectivity index (χ2n) is 4.03. The summed E-state index contributed by atoms with van der Waals surface area (Å²) in [6, 6.07) is 6.12. The van der Waals surface area contributed by atoms with Crippen LogP contribution in [-0.4, -0.2) is 13.7 Å². The summed E-state index contributed by atoms with van der Waals surface area (Å²) in [6.45, 7) is 0.552. The Hall–Kier alpha value is -1.67. The fourth-order valence-electron chi connectivity index (χ4n) is 2.43. The molecule has 0 amide bonds. The van der Waals surface area contributed by atoms with Crippen molar-refractivity contribution >= 4 is 0 Å². The fourth-order valence-corrected chi connectivity index (χ4v) is 2.43. The van der Waals surface area contributed by atoms with E-state index in [0.29, 0.717) is 12.5 Å². The lowest BCUT2D eigenvalue weighted by Crippen LogP contribution is -2.13. The largest absolute Gasteiger partial charge is 0.496 e. The highest BCUT2D eigenvalue weighted by atomic mass is 16.5. The van der Waals surface area contributed by atoms with Gasteiger partial charge in [-0.25, -0.2) is 0 Å². The van der Waals surface area contributed by atoms with Crippen LogP contribution in [0.2, 0.25) is 0 Å². The maximum Gasteiger partial charge on any atom is 0.122 e.